The molecule has 0 saturated heterocycles. The molecule has 0 spiro atoms. The number of para-hydroxylation sites is 1. The first-order valence-electron chi connectivity index (χ1n) is 14.7. The number of ether oxygens (including phenoxy) is 1. The van der Waals surface area contributed by atoms with Gasteiger partial charge >= 0.3 is 0 Å². The summed E-state index contributed by atoms with van der Waals surface area (Å²) in [5.41, 5.74) is 1.73. The highest BCUT2D eigenvalue weighted by Gasteiger charge is 2.25. The van der Waals surface area contributed by atoms with Crippen LogP contribution in [0.4, 0.5) is 17.5 Å². The van der Waals surface area contributed by atoms with Gasteiger partial charge < -0.3 is 20.3 Å². The summed E-state index contributed by atoms with van der Waals surface area (Å²) in [5.74, 6) is 0.600. The maximum Gasteiger partial charge on any atom is 0.287 e. The third kappa shape index (κ3) is 7.66. The first-order chi connectivity index (χ1) is 21.3. The van der Waals surface area contributed by atoms with Crippen molar-refractivity contribution < 1.29 is 19.2 Å². The van der Waals surface area contributed by atoms with Crippen LogP contribution in [0.25, 0.3) is 10.9 Å². The first kappa shape index (κ1) is 30.4. The standard InChI is InChI=1S/C33H36N6O5/c1-38(2)31-27-10-6-7-11-28(27)36-33(37-31)35-25-14-12-22(13-15-25)20-34-32(41)30(40)19-24-18-26(16-17-29(24)39(42)43)44-21-23-8-4-3-5-9-23/h3-11,16-18,22,25H,12-15,19-21H2,1-2H3,(H,34,41)(H,35,36,37)/t22-,25+. The highest BCUT2D eigenvalue weighted by Crippen LogP contribution is 2.29. The molecular weight excluding hydrogens is 560 g/mol. The number of nitro benzene ring substituents is 1. The number of Topliss-reactive ketones (excluding diaryl/α,β-unsaturated/α-hetero) is 1. The molecule has 1 fully saturated rings. The van der Waals surface area contributed by atoms with E-state index >= 15 is 0 Å². The Morgan fingerprint density at radius 2 is 1.70 bits per heavy atom. The SMILES string of the molecule is CN(C)c1nc(N[C@H]2CC[C@@H](CNC(=O)C(=O)Cc3cc(OCc4ccccc4)ccc3[N+](=O)[O-])CC2)nc2ccccc12. The number of carbonyl (C=O) groups excluding carboxylic acids is 2. The van der Waals surface area contributed by atoms with Crippen molar-refractivity contribution in [3.8, 4) is 5.75 Å². The molecule has 1 aromatic heterocycles. The van der Waals surface area contributed by atoms with Gasteiger partial charge in [-0.3, -0.25) is 19.7 Å². The average Bonchev–Trinajstić information content (AvgIpc) is 3.03. The van der Waals surface area contributed by atoms with Crippen LogP contribution in [0.1, 0.15) is 36.8 Å². The van der Waals surface area contributed by atoms with E-state index < -0.39 is 16.6 Å². The Balaban J connectivity index is 1.11. The van der Waals surface area contributed by atoms with Crippen LogP contribution in [0, 0.1) is 16.0 Å². The Bertz CT molecular complexity index is 1640. The average molecular weight is 597 g/mol. The zero-order valence-corrected chi connectivity index (χ0v) is 24.9. The van der Waals surface area contributed by atoms with Crippen molar-refractivity contribution in [1.82, 2.24) is 15.3 Å². The van der Waals surface area contributed by atoms with E-state index in [1.54, 1.807) is 0 Å². The summed E-state index contributed by atoms with van der Waals surface area (Å²) in [6.45, 7) is 0.646. The van der Waals surface area contributed by atoms with E-state index in [9.17, 15) is 19.7 Å². The summed E-state index contributed by atoms with van der Waals surface area (Å²) in [6, 6.07) is 21.9. The third-order valence-corrected chi connectivity index (χ3v) is 7.84. The van der Waals surface area contributed by atoms with Crippen molar-refractivity contribution in [2.45, 2.75) is 44.8 Å². The van der Waals surface area contributed by atoms with Gasteiger partial charge in [0.25, 0.3) is 11.6 Å². The number of nitrogens with one attached hydrogen (secondary N) is 2. The van der Waals surface area contributed by atoms with Crippen molar-refractivity contribution >= 4 is 40.0 Å². The van der Waals surface area contributed by atoms with Crippen LogP contribution in [0.15, 0.2) is 72.8 Å². The smallest absolute Gasteiger partial charge is 0.287 e. The third-order valence-electron chi connectivity index (χ3n) is 7.84. The second-order valence-corrected chi connectivity index (χ2v) is 11.3. The summed E-state index contributed by atoms with van der Waals surface area (Å²) in [6.07, 6.45) is 3.11. The summed E-state index contributed by atoms with van der Waals surface area (Å²) in [4.78, 5) is 47.9. The molecule has 11 heteroatoms. The van der Waals surface area contributed by atoms with Gasteiger partial charge in [-0.05, 0) is 61.4 Å². The summed E-state index contributed by atoms with van der Waals surface area (Å²) >= 11 is 0. The molecule has 0 aliphatic heterocycles. The second kappa shape index (κ2) is 13.9. The number of carbonyl (C=O) groups is 2. The van der Waals surface area contributed by atoms with Gasteiger partial charge in [0.15, 0.2) is 0 Å². The Hall–Kier alpha value is -5.06. The molecule has 0 radical (unpaired) electrons. The Morgan fingerprint density at radius 3 is 2.43 bits per heavy atom. The number of aromatic nitrogens is 2. The highest BCUT2D eigenvalue weighted by atomic mass is 16.6. The van der Waals surface area contributed by atoms with E-state index in [0.717, 1.165) is 48.0 Å². The molecular formula is C33H36N6O5. The number of hydrogen-bond donors (Lipinski definition) is 2. The lowest BCUT2D eigenvalue weighted by Crippen LogP contribution is -2.38. The van der Waals surface area contributed by atoms with E-state index in [0.29, 0.717) is 18.2 Å². The second-order valence-electron chi connectivity index (χ2n) is 11.3. The number of rotatable bonds is 12. The Morgan fingerprint density at radius 1 is 0.977 bits per heavy atom. The topological polar surface area (TPSA) is 140 Å². The zero-order valence-electron chi connectivity index (χ0n) is 24.9. The minimum absolute atomic E-state index is 0.139. The van der Waals surface area contributed by atoms with Gasteiger partial charge in [0.05, 0.1) is 10.4 Å². The molecule has 3 aromatic carbocycles. The molecule has 44 heavy (non-hydrogen) atoms. The predicted molar refractivity (Wildman–Crippen MR) is 169 cm³/mol. The van der Waals surface area contributed by atoms with Crippen molar-refractivity contribution in [2.24, 2.45) is 5.92 Å². The van der Waals surface area contributed by atoms with E-state index in [4.69, 9.17) is 14.7 Å². The number of nitro groups is 1. The quantitative estimate of drug-likeness (QED) is 0.130. The maximum absolute atomic E-state index is 12.8. The molecule has 1 heterocycles. The molecule has 5 rings (SSSR count). The van der Waals surface area contributed by atoms with E-state index in [1.807, 2.05) is 73.6 Å². The van der Waals surface area contributed by atoms with Crippen molar-refractivity contribution in [3.05, 3.63) is 94.0 Å². The fraction of sp³-hybridized carbons (Fsp3) is 0.333. The van der Waals surface area contributed by atoms with Gasteiger partial charge in [-0.15, -0.1) is 0 Å². The number of nitrogens with zero attached hydrogens (tertiary/aromatic N) is 4. The zero-order chi connectivity index (χ0) is 31.1. The van der Waals surface area contributed by atoms with Gasteiger partial charge in [-0.2, -0.15) is 4.98 Å². The lowest BCUT2D eigenvalue weighted by atomic mass is 9.86. The van der Waals surface area contributed by atoms with Crippen LogP contribution < -0.4 is 20.3 Å². The molecule has 11 nitrogen and oxygen atoms in total. The van der Waals surface area contributed by atoms with Crippen LogP contribution in [0.5, 0.6) is 5.75 Å². The van der Waals surface area contributed by atoms with Gasteiger partial charge in [0.1, 0.15) is 18.2 Å². The number of hydrogen-bond acceptors (Lipinski definition) is 9. The summed E-state index contributed by atoms with van der Waals surface area (Å²) in [5, 5.41) is 18.8. The van der Waals surface area contributed by atoms with Crippen molar-refractivity contribution in [3.63, 3.8) is 0 Å². The molecule has 1 saturated carbocycles. The normalized spacial score (nSPS) is 16.2. The van der Waals surface area contributed by atoms with Crippen LogP contribution in [0.3, 0.4) is 0 Å². The van der Waals surface area contributed by atoms with E-state index in [2.05, 4.69) is 10.6 Å². The van der Waals surface area contributed by atoms with Crippen molar-refractivity contribution in [2.75, 3.05) is 30.9 Å². The number of benzene rings is 3. The molecule has 1 aliphatic rings. The highest BCUT2D eigenvalue weighted by molar-refractivity contribution is 6.36. The van der Waals surface area contributed by atoms with E-state index in [-0.39, 0.29) is 36.2 Å². The predicted octanol–water partition coefficient (Wildman–Crippen LogP) is 5.08. The lowest BCUT2D eigenvalue weighted by Gasteiger charge is -2.29. The number of amides is 1. The fourth-order valence-corrected chi connectivity index (χ4v) is 5.46. The Labute approximate surface area is 255 Å². The minimum atomic E-state index is -0.740. The molecule has 4 aromatic rings. The van der Waals surface area contributed by atoms with Crippen LogP contribution in [-0.4, -0.2) is 53.3 Å². The van der Waals surface area contributed by atoms with Gasteiger partial charge in [-0.1, -0.05) is 42.5 Å². The molecule has 228 valence electrons. The first-order valence-corrected chi connectivity index (χ1v) is 14.7. The molecule has 2 N–H and O–H groups in total. The minimum Gasteiger partial charge on any atom is -0.489 e. The monoisotopic (exact) mass is 596 g/mol. The number of anilines is 2. The molecule has 1 amide bonds. The van der Waals surface area contributed by atoms with Crippen LogP contribution >= 0.6 is 0 Å². The molecule has 0 bridgehead atoms. The van der Waals surface area contributed by atoms with E-state index in [1.165, 1.54) is 18.2 Å². The Kier molecular flexibility index (Phi) is 9.63. The molecule has 0 atom stereocenters. The van der Waals surface area contributed by atoms with Gasteiger partial charge in [-0.25, -0.2) is 4.98 Å². The van der Waals surface area contributed by atoms with Crippen LogP contribution in [0.2, 0.25) is 0 Å². The summed E-state index contributed by atoms with van der Waals surface area (Å²) < 4.78 is 5.77. The summed E-state index contributed by atoms with van der Waals surface area (Å²) in [7, 11) is 3.92. The van der Waals surface area contributed by atoms with Gasteiger partial charge in [0, 0.05) is 50.1 Å². The largest absolute Gasteiger partial charge is 0.489 e. The lowest BCUT2D eigenvalue weighted by molar-refractivity contribution is -0.385. The molecule has 1 aliphatic carbocycles. The van der Waals surface area contributed by atoms with Crippen LogP contribution in [-0.2, 0) is 22.6 Å². The van der Waals surface area contributed by atoms with Gasteiger partial charge in [0.2, 0.25) is 11.7 Å². The van der Waals surface area contributed by atoms with Crippen molar-refractivity contribution in [1.29, 1.82) is 0 Å². The molecule has 0 unspecified atom stereocenters. The number of ketones is 1. The maximum atomic E-state index is 12.8. The number of fused-ring (bicyclic) bond motifs is 1. The fourth-order valence-electron chi connectivity index (χ4n) is 5.46.